The largest absolute Gasteiger partial charge is 0.282 e. The molecule has 0 spiro atoms. The fraction of sp³-hybridized carbons (Fsp3) is 0.167. The number of hydrazine groups is 1. The molecule has 1 aliphatic heterocycles. The van der Waals surface area contributed by atoms with Crippen LogP contribution in [0.1, 0.15) is 28.8 Å². The van der Waals surface area contributed by atoms with E-state index in [-0.39, 0.29) is 24.9 Å². The van der Waals surface area contributed by atoms with Crippen LogP contribution in [0.15, 0.2) is 48.5 Å². The van der Waals surface area contributed by atoms with Crippen molar-refractivity contribution >= 4 is 35.0 Å². The average molecular weight is 388 g/mol. The Hall–Kier alpha value is -3.26. The second kappa shape index (κ2) is 7.55. The van der Waals surface area contributed by atoms with Crippen molar-refractivity contribution in [3.8, 4) is 0 Å². The molecule has 3 amide bonds. The maximum Gasteiger partial charge on any atom is 0.282 e. The smallest absolute Gasteiger partial charge is 0.273 e. The highest BCUT2D eigenvalue weighted by Gasteiger charge is 2.38. The molecule has 0 aliphatic carbocycles. The van der Waals surface area contributed by atoms with Gasteiger partial charge in [0.25, 0.3) is 11.6 Å². The molecule has 2 aromatic carbocycles. The number of hydrogen-bond acceptors (Lipinski definition) is 5. The summed E-state index contributed by atoms with van der Waals surface area (Å²) in [7, 11) is 0. The number of carbonyl (C=O) groups excluding carboxylic acids is 3. The molecule has 3 rings (SSSR count). The highest BCUT2D eigenvalue weighted by Crippen LogP contribution is 2.25. The van der Waals surface area contributed by atoms with Gasteiger partial charge in [-0.3, -0.25) is 24.5 Å². The molecule has 9 heteroatoms. The van der Waals surface area contributed by atoms with Crippen LogP contribution in [0.2, 0.25) is 5.02 Å². The van der Waals surface area contributed by atoms with Gasteiger partial charge in [0.15, 0.2) is 0 Å². The molecule has 2 aromatic rings. The summed E-state index contributed by atoms with van der Waals surface area (Å²) in [5.41, 5.74) is 0.00509. The first-order chi connectivity index (χ1) is 12.9. The Bertz CT molecular complexity index is 913. The minimum Gasteiger partial charge on any atom is -0.273 e. The lowest BCUT2D eigenvalue weighted by atomic mass is 10.1. The highest BCUT2D eigenvalue weighted by molar-refractivity contribution is 6.30. The second-order valence-electron chi connectivity index (χ2n) is 5.86. The van der Waals surface area contributed by atoms with E-state index in [1.54, 1.807) is 24.3 Å². The van der Waals surface area contributed by atoms with Crippen molar-refractivity contribution < 1.29 is 19.3 Å². The van der Waals surface area contributed by atoms with Gasteiger partial charge in [0.05, 0.1) is 11.5 Å². The molecule has 0 bridgehead atoms. The maximum absolute atomic E-state index is 13.1. The molecule has 0 atom stereocenters. The lowest BCUT2D eigenvalue weighted by Gasteiger charge is -2.30. The topological polar surface area (TPSA) is 101 Å². The van der Waals surface area contributed by atoms with Gasteiger partial charge in [-0.05, 0) is 23.8 Å². The van der Waals surface area contributed by atoms with Crippen LogP contribution in [0.5, 0.6) is 0 Å². The van der Waals surface area contributed by atoms with Gasteiger partial charge >= 0.3 is 0 Å². The number of amides is 3. The predicted molar refractivity (Wildman–Crippen MR) is 95.5 cm³/mol. The van der Waals surface area contributed by atoms with Crippen LogP contribution in [0.4, 0.5) is 5.69 Å². The van der Waals surface area contributed by atoms with Gasteiger partial charge in [-0.1, -0.05) is 35.9 Å². The van der Waals surface area contributed by atoms with Crippen molar-refractivity contribution in [3.63, 3.8) is 0 Å². The van der Waals surface area contributed by atoms with E-state index in [9.17, 15) is 24.5 Å². The van der Waals surface area contributed by atoms with Crippen LogP contribution in [-0.4, -0.2) is 32.7 Å². The number of imide groups is 1. The first-order valence-electron chi connectivity index (χ1n) is 8.04. The fourth-order valence-electron chi connectivity index (χ4n) is 2.78. The van der Waals surface area contributed by atoms with Gasteiger partial charge in [0.1, 0.15) is 5.56 Å². The zero-order valence-electron chi connectivity index (χ0n) is 14.0. The van der Waals surface area contributed by atoms with Crippen molar-refractivity contribution in [3.05, 3.63) is 74.8 Å². The summed E-state index contributed by atoms with van der Waals surface area (Å²) >= 11 is 5.86. The predicted octanol–water partition coefficient (Wildman–Crippen LogP) is 2.95. The molecule has 0 unspecified atom stereocenters. The molecular weight excluding hydrogens is 374 g/mol. The average Bonchev–Trinajstić information content (AvgIpc) is 2.99. The summed E-state index contributed by atoms with van der Waals surface area (Å²) in [6, 6.07) is 11.9. The molecular formula is C18H14ClN3O5. The summed E-state index contributed by atoms with van der Waals surface area (Å²) in [5, 5.41) is 13.5. The SMILES string of the molecule is O=C(c1ccccc1[N+](=O)[O-])N(Cc1ccc(Cl)cc1)N1C(=O)CCC1=O. The Kier molecular flexibility index (Phi) is 5.18. The van der Waals surface area contributed by atoms with Crippen molar-refractivity contribution in [1.82, 2.24) is 10.0 Å². The van der Waals surface area contributed by atoms with E-state index in [0.717, 1.165) is 10.0 Å². The van der Waals surface area contributed by atoms with E-state index in [0.29, 0.717) is 10.6 Å². The fourth-order valence-corrected chi connectivity index (χ4v) is 2.91. The van der Waals surface area contributed by atoms with Crippen molar-refractivity contribution in [1.29, 1.82) is 0 Å². The molecule has 1 heterocycles. The van der Waals surface area contributed by atoms with Crippen molar-refractivity contribution in [2.24, 2.45) is 0 Å². The van der Waals surface area contributed by atoms with Crippen LogP contribution < -0.4 is 0 Å². The standard InChI is InChI=1S/C18H14ClN3O5/c19-13-7-5-12(6-8-13)11-20(21-16(23)9-10-17(21)24)18(25)14-3-1-2-4-15(14)22(26)27/h1-8H,9-11H2. The Morgan fingerprint density at radius 3 is 2.26 bits per heavy atom. The Labute approximate surface area is 159 Å². The molecule has 0 N–H and O–H groups in total. The minimum atomic E-state index is -0.805. The van der Waals surface area contributed by atoms with Gasteiger partial charge in [-0.15, -0.1) is 0 Å². The van der Waals surface area contributed by atoms with Crippen LogP contribution in [0, 0.1) is 10.1 Å². The van der Waals surface area contributed by atoms with E-state index in [4.69, 9.17) is 11.6 Å². The summed E-state index contributed by atoms with van der Waals surface area (Å²) in [5.74, 6) is -1.86. The Morgan fingerprint density at radius 1 is 1.07 bits per heavy atom. The molecule has 0 saturated carbocycles. The van der Waals surface area contributed by atoms with E-state index in [1.807, 2.05) is 0 Å². The number of halogens is 1. The number of benzene rings is 2. The number of nitro groups is 1. The van der Waals surface area contributed by atoms with Crippen LogP contribution in [0.3, 0.4) is 0 Å². The van der Waals surface area contributed by atoms with Crippen molar-refractivity contribution in [2.45, 2.75) is 19.4 Å². The van der Waals surface area contributed by atoms with Crippen LogP contribution in [-0.2, 0) is 16.1 Å². The molecule has 1 aliphatic rings. The number of hydrogen-bond donors (Lipinski definition) is 0. The van der Waals surface area contributed by atoms with Crippen LogP contribution >= 0.6 is 11.6 Å². The summed E-state index contributed by atoms with van der Waals surface area (Å²) < 4.78 is 0. The summed E-state index contributed by atoms with van der Waals surface area (Å²) in [4.78, 5) is 48.0. The molecule has 138 valence electrons. The lowest BCUT2D eigenvalue weighted by molar-refractivity contribution is -0.385. The summed E-state index contributed by atoms with van der Waals surface area (Å²) in [6.45, 7) is -0.112. The third-order valence-corrected chi connectivity index (χ3v) is 4.33. The number of para-hydroxylation sites is 1. The number of carbonyl (C=O) groups is 3. The molecule has 27 heavy (non-hydrogen) atoms. The zero-order valence-corrected chi connectivity index (χ0v) is 14.8. The highest BCUT2D eigenvalue weighted by atomic mass is 35.5. The normalized spacial score (nSPS) is 13.7. The maximum atomic E-state index is 13.1. The molecule has 0 radical (unpaired) electrons. The van der Waals surface area contributed by atoms with E-state index >= 15 is 0 Å². The van der Waals surface area contributed by atoms with E-state index in [1.165, 1.54) is 24.3 Å². The van der Waals surface area contributed by atoms with Gasteiger partial charge in [0.2, 0.25) is 11.8 Å². The molecule has 1 fully saturated rings. The van der Waals surface area contributed by atoms with Gasteiger partial charge in [-0.25, -0.2) is 5.01 Å². The number of rotatable bonds is 5. The molecule has 0 aromatic heterocycles. The lowest BCUT2D eigenvalue weighted by Crippen LogP contribution is -2.49. The van der Waals surface area contributed by atoms with Gasteiger partial charge in [0, 0.05) is 23.9 Å². The quantitative estimate of drug-likeness (QED) is 0.446. The zero-order chi connectivity index (χ0) is 19.6. The Balaban J connectivity index is 2.02. The third-order valence-electron chi connectivity index (χ3n) is 4.08. The second-order valence-corrected chi connectivity index (χ2v) is 6.30. The Morgan fingerprint density at radius 2 is 1.67 bits per heavy atom. The summed E-state index contributed by atoms with van der Waals surface area (Å²) in [6.07, 6.45) is -0.0276. The minimum absolute atomic E-state index is 0.0138. The van der Waals surface area contributed by atoms with Crippen molar-refractivity contribution in [2.75, 3.05) is 0 Å². The monoisotopic (exact) mass is 387 g/mol. The number of nitro benzene ring substituents is 1. The van der Waals surface area contributed by atoms with Crippen LogP contribution in [0.25, 0.3) is 0 Å². The molecule has 1 saturated heterocycles. The number of nitrogens with zero attached hydrogens (tertiary/aromatic N) is 3. The van der Waals surface area contributed by atoms with Gasteiger partial charge < -0.3 is 0 Å². The molecule has 8 nitrogen and oxygen atoms in total. The first kappa shape index (κ1) is 18.5. The first-order valence-corrected chi connectivity index (χ1v) is 8.41. The van der Waals surface area contributed by atoms with Gasteiger partial charge in [-0.2, -0.15) is 5.01 Å². The van der Waals surface area contributed by atoms with E-state index in [2.05, 4.69) is 0 Å². The third kappa shape index (κ3) is 3.80. The van der Waals surface area contributed by atoms with E-state index < -0.39 is 28.3 Å².